The van der Waals surface area contributed by atoms with Crippen LogP contribution in [0.1, 0.15) is 0 Å². The maximum absolute atomic E-state index is 12.7. The first-order valence-corrected chi connectivity index (χ1v) is 3.73. The van der Waals surface area contributed by atoms with Crippen molar-refractivity contribution in [2.75, 3.05) is 12.8 Å². The molecule has 0 aliphatic carbocycles. The van der Waals surface area contributed by atoms with Crippen molar-refractivity contribution in [2.24, 2.45) is 0 Å². The van der Waals surface area contributed by atoms with E-state index in [1.165, 1.54) is 19.2 Å². The molecule has 0 aliphatic heterocycles. The molecule has 0 aliphatic rings. The Morgan fingerprint density at radius 2 is 2.18 bits per heavy atom. The molecule has 0 bridgehead atoms. The van der Waals surface area contributed by atoms with Crippen LogP contribution in [0.25, 0.3) is 0 Å². The lowest BCUT2D eigenvalue weighted by atomic mass is 10.3. The Morgan fingerprint density at radius 1 is 1.55 bits per heavy atom. The SMILES string of the molecule is COc1cc(N)c(F)cc1Br. The van der Waals surface area contributed by atoms with Gasteiger partial charge in [-0.3, -0.25) is 0 Å². The first-order valence-electron chi connectivity index (χ1n) is 2.93. The van der Waals surface area contributed by atoms with Gasteiger partial charge < -0.3 is 10.5 Å². The number of anilines is 1. The van der Waals surface area contributed by atoms with Crippen LogP contribution in [0.4, 0.5) is 10.1 Å². The lowest BCUT2D eigenvalue weighted by Crippen LogP contribution is -1.92. The highest BCUT2D eigenvalue weighted by Crippen LogP contribution is 2.28. The van der Waals surface area contributed by atoms with Crippen LogP contribution in [0, 0.1) is 5.82 Å². The largest absolute Gasteiger partial charge is 0.495 e. The molecular formula is C7H7BrFNO. The third kappa shape index (κ3) is 1.63. The maximum atomic E-state index is 12.7. The average molecular weight is 220 g/mol. The predicted molar refractivity (Wildman–Crippen MR) is 45.1 cm³/mol. The summed E-state index contributed by atoms with van der Waals surface area (Å²) in [6, 6.07) is 2.70. The molecule has 1 rings (SSSR count). The molecular weight excluding hydrogens is 213 g/mol. The molecule has 2 N–H and O–H groups in total. The fourth-order valence-electron chi connectivity index (χ4n) is 0.701. The van der Waals surface area contributed by atoms with Crippen molar-refractivity contribution in [3.63, 3.8) is 0 Å². The van der Waals surface area contributed by atoms with Crippen molar-refractivity contribution in [1.82, 2.24) is 0 Å². The molecule has 1 aromatic rings. The van der Waals surface area contributed by atoms with Gasteiger partial charge in [0.1, 0.15) is 11.6 Å². The van der Waals surface area contributed by atoms with E-state index < -0.39 is 5.82 Å². The summed E-state index contributed by atoms with van der Waals surface area (Å²) in [6.07, 6.45) is 0. The van der Waals surface area contributed by atoms with Gasteiger partial charge in [0.15, 0.2) is 0 Å². The predicted octanol–water partition coefficient (Wildman–Crippen LogP) is 2.18. The second-order valence-corrected chi connectivity index (χ2v) is 2.86. The van der Waals surface area contributed by atoms with E-state index in [2.05, 4.69) is 15.9 Å². The lowest BCUT2D eigenvalue weighted by Gasteiger charge is -2.04. The van der Waals surface area contributed by atoms with Crippen molar-refractivity contribution in [3.05, 3.63) is 22.4 Å². The summed E-state index contributed by atoms with van der Waals surface area (Å²) < 4.78 is 18.1. The van der Waals surface area contributed by atoms with Crippen LogP contribution in [-0.2, 0) is 0 Å². The third-order valence-electron chi connectivity index (χ3n) is 1.27. The first-order chi connectivity index (χ1) is 5.15. The minimum atomic E-state index is -0.447. The van der Waals surface area contributed by atoms with E-state index in [9.17, 15) is 4.39 Å². The second-order valence-electron chi connectivity index (χ2n) is 2.01. The van der Waals surface area contributed by atoms with Crippen LogP contribution in [0.15, 0.2) is 16.6 Å². The number of methoxy groups -OCH3 is 1. The van der Waals surface area contributed by atoms with Crippen molar-refractivity contribution in [1.29, 1.82) is 0 Å². The summed E-state index contributed by atoms with van der Waals surface area (Å²) in [5.74, 6) is 0.0848. The van der Waals surface area contributed by atoms with E-state index in [-0.39, 0.29) is 5.69 Å². The van der Waals surface area contributed by atoms with Gasteiger partial charge in [0, 0.05) is 6.07 Å². The van der Waals surface area contributed by atoms with Gasteiger partial charge in [-0.2, -0.15) is 0 Å². The number of nitrogens with two attached hydrogens (primary N) is 1. The molecule has 0 heterocycles. The molecule has 0 aromatic heterocycles. The molecule has 0 spiro atoms. The Balaban J connectivity index is 3.21. The zero-order valence-corrected chi connectivity index (χ0v) is 7.48. The van der Waals surface area contributed by atoms with Crippen molar-refractivity contribution in [2.45, 2.75) is 0 Å². The number of ether oxygens (including phenoxy) is 1. The van der Waals surface area contributed by atoms with E-state index in [1.54, 1.807) is 0 Å². The second kappa shape index (κ2) is 3.09. The van der Waals surface area contributed by atoms with Crippen LogP contribution in [0.3, 0.4) is 0 Å². The maximum Gasteiger partial charge on any atom is 0.147 e. The van der Waals surface area contributed by atoms with Crippen LogP contribution in [-0.4, -0.2) is 7.11 Å². The Labute approximate surface area is 72.3 Å². The van der Waals surface area contributed by atoms with Gasteiger partial charge in [-0.05, 0) is 22.0 Å². The number of hydrogen-bond acceptors (Lipinski definition) is 2. The lowest BCUT2D eigenvalue weighted by molar-refractivity contribution is 0.411. The number of halogens is 2. The fraction of sp³-hybridized carbons (Fsp3) is 0.143. The van der Waals surface area contributed by atoms with Gasteiger partial charge in [-0.1, -0.05) is 0 Å². The molecule has 0 saturated heterocycles. The Morgan fingerprint density at radius 3 is 2.73 bits per heavy atom. The van der Waals surface area contributed by atoms with Crippen LogP contribution in [0.5, 0.6) is 5.75 Å². The summed E-state index contributed by atoms with van der Waals surface area (Å²) in [5, 5.41) is 0. The highest BCUT2D eigenvalue weighted by Gasteiger charge is 2.04. The van der Waals surface area contributed by atoms with Crippen molar-refractivity contribution < 1.29 is 9.13 Å². The van der Waals surface area contributed by atoms with Crippen LogP contribution < -0.4 is 10.5 Å². The van der Waals surface area contributed by atoms with Gasteiger partial charge in [0.05, 0.1) is 17.3 Å². The highest BCUT2D eigenvalue weighted by molar-refractivity contribution is 9.10. The minimum absolute atomic E-state index is 0.0880. The summed E-state index contributed by atoms with van der Waals surface area (Å²) in [6.45, 7) is 0. The summed E-state index contributed by atoms with van der Waals surface area (Å²) in [7, 11) is 1.50. The molecule has 0 radical (unpaired) electrons. The highest BCUT2D eigenvalue weighted by atomic mass is 79.9. The van der Waals surface area contributed by atoms with Gasteiger partial charge in [0.25, 0.3) is 0 Å². The minimum Gasteiger partial charge on any atom is -0.495 e. The summed E-state index contributed by atoms with van der Waals surface area (Å²) in [5.41, 5.74) is 5.38. The van der Waals surface area contributed by atoms with Gasteiger partial charge in [-0.15, -0.1) is 0 Å². The molecule has 60 valence electrons. The fourth-order valence-corrected chi connectivity index (χ4v) is 1.18. The van der Waals surface area contributed by atoms with E-state index in [1.807, 2.05) is 0 Å². The zero-order chi connectivity index (χ0) is 8.43. The van der Waals surface area contributed by atoms with Gasteiger partial charge >= 0.3 is 0 Å². The molecule has 1 aromatic carbocycles. The number of rotatable bonds is 1. The molecule has 0 fully saturated rings. The van der Waals surface area contributed by atoms with Crippen LogP contribution in [0.2, 0.25) is 0 Å². The smallest absolute Gasteiger partial charge is 0.147 e. The average Bonchev–Trinajstić information content (AvgIpc) is 1.97. The monoisotopic (exact) mass is 219 g/mol. The molecule has 0 saturated carbocycles. The molecule has 0 atom stereocenters. The van der Waals surface area contributed by atoms with E-state index in [0.717, 1.165) is 0 Å². The quantitative estimate of drug-likeness (QED) is 0.736. The Kier molecular flexibility index (Phi) is 2.34. The standard InChI is InChI=1S/C7H7BrFNO/c1-11-7-3-6(10)5(9)2-4(7)8/h2-3H,10H2,1H3. The molecule has 4 heteroatoms. The molecule has 2 nitrogen and oxygen atoms in total. The third-order valence-corrected chi connectivity index (χ3v) is 1.89. The zero-order valence-electron chi connectivity index (χ0n) is 5.90. The molecule has 0 unspecified atom stereocenters. The Hall–Kier alpha value is -0.770. The van der Waals surface area contributed by atoms with E-state index in [0.29, 0.717) is 10.2 Å². The normalized spacial score (nSPS) is 9.73. The number of hydrogen-bond donors (Lipinski definition) is 1. The number of benzene rings is 1. The summed E-state index contributed by atoms with van der Waals surface area (Å²) in [4.78, 5) is 0. The first kappa shape index (κ1) is 8.33. The van der Waals surface area contributed by atoms with Crippen molar-refractivity contribution in [3.8, 4) is 5.75 Å². The van der Waals surface area contributed by atoms with Gasteiger partial charge in [0.2, 0.25) is 0 Å². The number of nitrogen functional groups attached to an aromatic ring is 1. The topological polar surface area (TPSA) is 35.2 Å². The van der Waals surface area contributed by atoms with Crippen LogP contribution >= 0.6 is 15.9 Å². The van der Waals surface area contributed by atoms with E-state index >= 15 is 0 Å². The molecule has 11 heavy (non-hydrogen) atoms. The molecule has 0 amide bonds. The summed E-state index contributed by atoms with van der Waals surface area (Å²) >= 11 is 3.12. The van der Waals surface area contributed by atoms with Crippen molar-refractivity contribution >= 4 is 21.6 Å². The Bertz CT molecular complexity index is 277. The van der Waals surface area contributed by atoms with E-state index in [4.69, 9.17) is 10.5 Å². The van der Waals surface area contributed by atoms with Gasteiger partial charge in [-0.25, -0.2) is 4.39 Å².